The molecule has 7 heteroatoms. The number of hydrogen-bond donors (Lipinski definition) is 1. The van der Waals surface area contributed by atoms with Crippen LogP contribution >= 0.6 is 0 Å². The Hall–Kier alpha value is -1.08. The lowest BCUT2D eigenvalue weighted by Gasteiger charge is -2.09. The molecule has 0 spiro atoms. The van der Waals surface area contributed by atoms with Gasteiger partial charge in [0, 0.05) is 37.0 Å². The first-order valence-electron chi connectivity index (χ1n) is 6.69. The summed E-state index contributed by atoms with van der Waals surface area (Å²) < 4.78 is 42.0. The molecule has 0 atom stereocenters. The van der Waals surface area contributed by atoms with Crippen molar-refractivity contribution in [2.24, 2.45) is 0 Å². The highest BCUT2D eigenvalue weighted by Crippen LogP contribution is 2.14. The average Bonchev–Trinajstić information content (AvgIpc) is 2.66. The summed E-state index contributed by atoms with van der Waals surface area (Å²) in [4.78, 5) is 0. The zero-order valence-electron chi connectivity index (χ0n) is 12.1. The largest absolute Gasteiger partial charge is 0.411 e. The van der Waals surface area contributed by atoms with E-state index >= 15 is 0 Å². The van der Waals surface area contributed by atoms with Crippen LogP contribution in [-0.2, 0) is 17.8 Å². The molecular formula is C13H22F3N3O. The first kappa shape index (κ1) is 17.0. The first-order chi connectivity index (χ1) is 9.29. The van der Waals surface area contributed by atoms with Crippen molar-refractivity contribution < 1.29 is 17.9 Å². The molecule has 0 aliphatic carbocycles. The maximum Gasteiger partial charge on any atom is 0.411 e. The monoisotopic (exact) mass is 293 g/mol. The zero-order valence-corrected chi connectivity index (χ0v) is 12.1. The van der Waals surface area contributed by atoms with Crippen molar-refractivity contribution in [1.82, 2.24) is 15.1 Å². The molecule has 0 bridgehead atoms. The summed E-state index contributed by atoms with van der Waals surface area (Å²) in [6.45, 7) is 6.29. The van der Waals surface area contributed by atoms with Crippen LogP contribution < -0.4 is 5.32 Å². The van der Waals surface area contributed by atoms with Gasteiger partial charge in [0.25, 0.3) is 0 Å². The quantitative estimate of drug-likeness (QED) is 0.749. The third-order valence-electron chi connectivity index (χ3n) is 2.83. The predicted octanol–water partition coefficient (Wildman–Crippen LogP) is 2.66. The lowest BCUT2D eigenvalue weighted by atomic mass is 10.2. The molecule has 0 radical (unpaired) electrons. The van der Waals surface area contributed by atoms with Gasteiger partial charge in [0.2, 0.25) is 0 Å². The molecule has 1 rings (SSSR count). The van der Waals surface area contributed by atoms with E-state index in [0.29, 0.717) is 19.0 Å². The van der Waals surface area contributed by atoms with E-state index in [4.69, 9.17) is 0 Å². The van der Waals surface area contributed by atoms with Crippen LogP contribution in [0.25, 0.3) is 0 Å². The number of aromatic nitrogens is 2. The standard InChI is InChI=1S/C13H22F3N3O/c1-10(2)17-7-12-8-18-19(11(12)3)5-4-6-20-9-13(14,15)16/h8,10,17H,4-7,9H2,1-3H3. The molecule has 4 nitrogen and oxygen atoms in total. The van der Waals surface area contributed by atoms with Gasteiger partial charge in [-0.1, -0.05) is 13.8 Å². The van der Waals surface area contributed by atoms with E-state index in [1.54, 1.807) is 10.9 Å². The molecule has 0 aromatic carbocycles. The Bertz CT molecular complexity index is 402. The van der Waals surface area contributed by atoms with Gasteiger partial charge in [0.15, 0.2) is 0 Å². The van der Waals surface area contributed by atoms with E-state index in [1.165, 1.54) is 0 Å². The molecule has 0 amide bonds. The molecule has 1 aromatic rings. The Morgan fingerprint density at radius 3 is 2.70 bits per heavy atom. The van der Waals surface area contributed by atoms with Crippen LogP contribution in [0.5, 0.6) is 0 Å². The number of aryl methyl sites for hydroxylation is 1. The summed E-state index contributed by atoms with van der Waals surface area (Å²) in [5.74, 6) is 0. The topological polar surface area (TPSA) is 39.1 Å². The van der Waals surface area contributed by atoms with E-state index in [2.05, 4.69) is 29.0 Å². The molecule has 0 fully saturated rings. The van der Waals surface area contributed by atoms with Gasteiger partial charge in [0.1, 0.15) is 6.61 Å². The lowest BCUT2D eigenvalue weighted by Crippen LogP contribution is -2.22. The molecular weight excluding hydrogens is 271 g/mol. The Labute approximate surface area is 117 Å². The number of alkyl halides is 3. The van der Waals surface area contributed by atoms with Gasteiger partial charge in [0.05, 0.1) is 6.20 Å². The molecule has 1 aromatic heterocycles. The second-order valence-corrected chi connectivity index (χ2v) is 5.04. The molecule has 1 N–H and O–H groups in total. The molecule has 0 aliphatic heterocycles. The van der Waals surface area contributed by atoms with Gasteiger partial charge in [-0.2, -0.15) is 18.3 Å². The zero-order chi connectivity index (χ0) is 15.2. The van der Waals surface area contributed by atoms with Gasteiger partial charge in [-0.15, -0.1) is 0 Å². The van der Waals surface area contributed by atoms with Crippen LogP contribution in [0.15, 0.2) is 6.20 Å². The van der Waals surface area contributed by atoms with Crippen LogP contribution in [-0.4, -0.2) is 35.2 Å². The number of ether oxygens (including phenoxy) is 1. The third kappa shape index (κ3) is 6.38. The smallest absolute Gasteiger partial charge is 0.372 e. The van der Waals surface area contributed by atoms with Crippen molar-refractivity contribution in [3.8, 4) is 0 Å². The molecule has 0 unspecified atom stereocenters. The third-order valence-corrected chi connectivity index (χ3v) is 2.83. The minimum absolute atomic E-state index is 0.0817. The summed E-state index contributed by atoms with van der Waals surface area (Å²) in [6, 6.07) is 0.397. The van der Waals surface area contributed by atoms with Crippen molar-refractivity contribution in [3.05, 3.63) is 17.5 Å². The highest BCUT2D eigenvalue weighted by molar-refractivity contribution is 5.15. The molecule has 1 heterocycles. The number of nitrogens with zero attached hydrogens (tertiary/aromatic N) is 2. The van der Waals surface area contributed by atoms with E-state index in [0.717, 1.165) is 17.8 Å². The summed E-state index contributed by atoms with van der Waals surface area (Å²) >= 11 is 0. The highest BCUT2D eigenvalue weighted by atomic mass is 19.4. The number of nitrogens with one attached hydrogen (secondary N) is 1. The average molecular weight is 293 g/mol. The summed E-state index contributed by atoms with van der Waals surface area (Å²) in [6.07, 6.45) is -1.95. The van der Waals surface area contributed by atoms with E-state index in [-0.39, 0.29) is 6.61 Å². The number of hydrogen-bond acceptors (Lipinski definition) is 3. The van der Waals surface area contributed by atoms with Crippen molar-refractivity contribution in [2.75, 3.05) is 13.2 Å². The van der Waals surface area contributed by atoms with Gasteiger partial charge in [-0.05, 0) is 13.3 Å². The molecule has 0 aliphatic rings. The molecule has 20 heavy (non-hydrogen) atoms. The van der Waals surface area contributed by atoms with Crippen molar-refractivity contribution in [1.29, 1.82) is 0 Å². The summed E-state index contributed by atoms with van der Waals surface area (Å²) in [7, 11) is 0. The predicted molar refractivity (Wildman–Crippen MR) is 70.4 cm³/mol. The Morgan fingerprint density at radius 1 is 1.40 bits per heavy atom. The van der Waals surface area contributed by atoms with Crippen molar-refractivity contribution in [2.45, 2.75) is 52.5 Å². The number of rotatable bonds is 8. The normalized spacial score (nSPS) is 12.3. The maximum atomic E-state index is 11.9. The summed E-state index contributed by atoms with van der Waals surface area (Å²) in [5.41, 5.74) is 2.14. The SMILES string of the molecule is Cc1c(CNC(C)C)cnn1CCCOCC(F)(F)F. The molecule has 116 valence electrons. The second kappa shape index (κ2) is 7.64. The van der Waals surface area contributed by atoms with Gasteiger partial charge in [-0.25, -0.2) is 0 Å². The second-order valence-electron chi connectivity index (χ2n) is 5.04. The van der Waals surface area contributed by atoms with Crippen LogP contribution in [0, 0.1) is 6.92 Å². The molecule has 0 saturated heterocycles. The van der Waals surface area contributed by atoms with Gasteiger partial charge < -0.3 is 10.1 Å². The van der Waals surface area contributed by atoms with Crippen LogP contribution in [0.3, 0.4) is 0 Å². The first-order valence-corrected chi connectivity index (χ1v) is 6.69. The van der Waals surface area contributed by atoms with E-state index < -0.39 is 12.8 Å². The van der Waals surface area contributed by atoms with Gasteiger partial charge >= 0.3 is 6.18 Å². The fourth-order valence-corrected chi connectivity index (χ4v) is 1.70. The van der Waals surface area contributed by atoms with Crippen LogP contribution in [0.1, 0.15) is 31.5 Å². The molecule has 0 saturated carbocycles. The number of halogens is 3. The van der Waals surface area contributed by atoms with Crippen molar-refractivity contribution >= 4 is 0 Å². The highest BCUT2D eigenvalue weighted by Gasteiger charge is 2.27. The minimum atomic E-state index is -4.25. The van der Waals surface area contributed by atoms with Gasteiger partial charge in [-0.3, -0.25) is 4.68 Å². The minimum Gasteiger partial charge on any atom is -0.372 e. The Balaban J connectivity index is 2.30. The fourth-order valence-electron chi connectivity index (χ4n) is 1.70. The Kier molecular flexibility index (Phi) is 6.48. The fraction of sp³-hybridized carbons (Fsp3) is 0.769. The summed E-state index contributed by atoms with van der Waals surface area (Å²) in [5, 5.41) is 7.54. The van der Waals surface area contributed by atoms with Crippen LogP contribution in [0.2, 0.25) is 0 Å². The van der Waals surface area contributed by atoms with Crippen molar-refractivity contribution in [3.63, 3.8) is 0 Å². The van der Waals surface area contributed by atoms with Crippen LogP contribution in [0.4, 0.5) is 13.2 Å². The lowest BCUT2D eigenvalue weighted by molar-refractivity contribution is -0.174. The Morgan fingerprint density at radius 2 is 2.10 bits per heavy atom. The van der Waals surface area contributed by atoms with E-state index in [1.807, 2.05) is 6.92 Å². The maximum absolute atomic E-state index is 11.9. The van der Waals surface area contributed by atoms with E-state index in [9.17, 15) is 13.2 Å².